The Labute approximate surface area is 238 Å². The number of fused-ring (bicyclic) bond motifs is 1. The number of hydrogen-bond acceptors (Lipinski definition) is 10. The van der Waals surface area contributed by atoms with Gasteiger partial charge in [0.15, 0.2) is 23.7 Å². The van der Waals surface area contributed by atoms with Crippen molar-refractivity contribution in [3.05, 3.63) is 36.2 Å². The highest BCUT2D eigenvalue weighted by Gasteiger charge is 2.53. The third-order valence-corrected chi connectivity index (χ3v) is 8.28. The first kappa shape index (κ1) is 28.5. The second-order valence-corrected chi connectivity index (χ2v) is 11.6. The predicted molar refractivity (Wildman–Crippen MR) is 143 cm³/mol. The van der Waals surface area contributed by atoms with Crippen LogP contribution in [0.2, 0.25) is 0 Å². The Balaban J connectivity index is 1.27. The van der Waals surface area contributed by atoms with Crippen LogP contribution in [0.5, 0.6) is 0 Å². The predicted octanol–water partition coefficient (Wildman–Crippen LogP) is 3.03. The second kappa shape index (κ2) is 10.9. The van der Waals surface area contributed by atoms with Crippen molar-refractivity contribution in [2.75, 3.05) is 30.0 Å². The van der Waals surface area contributed by atoms with E-state index < -0.39 is 43.5 Å². The summed E-state index contributed by atoms with van der Waals surface area (Å²) in [6.45, 7) is -1.10. The number of esters is 1. The number of aliphatic hydroxyl groups is 1. The molecule has 0 aromatic carbocycles. The van der Waals surface area contributed by atoms with Crippen molar-refractivity contribution in [2.45, 2.75) is 75.0 Å². The maximum absolute atomic E-state index is 14.9. The number of alkyl halides is 4. The molecule has 0 unspecified atom stereocenters. The molecule has 2 saturated carbocycles. The van der Waals surface area contributed by atoms with Gasteiger partial charge in [0.05, 0.1) is 42.8 Å². The van der Waals surface area contributed by atoms with Crippen molar-refractivity contribution in [3.8, 4) is 0 Å². The van der Waals surface area contributed by atoms with Gasteiger partial charge in [-0.15, -0.1) is 0 Å². The number of nitrogens with one attached hydrogen (secondary N) is 1. The third kappa shape index (κ3) is 5.71. The van der Waals surface area contributed by atoms with Crippen LogP contribution in [0.1, 0.15) is 55.7 Å². The highest BCUT2D eigenvalue weighted by molar-refractivity contribution is 5.83. The van der Waals surface area contributed by atoms with Gasteiger partial charge in [-0.1, -0.05) is 6.42 Å². The minimum atomic E-state index is -3.42. The van der Waals surface area contributed by atoms with E-state index >= 15 is 0 Å². The number of aromatic nitrogens is 5. The fourth-order valence-corrected chi connectivity index (χ4v) is 5.67. The van der Waals surface area contributed by atoms with Crippen LogP contribution in [0, 0.1) is 5.92 Å². The summed E-state index contributed by atoms with van der Waals surface area (Å²) in [6.07, 6.45) is 2.15. The number of hydrogen-bond donors (Lipinski definition) is 3. The van der Waals surface area contributed by atoms with Gasteiger partial charge in [-0.25, -0.2) is 32.5 Å². The summed E-state index contributed by atoms with van der Waals surface area (Å²) >= 11 is 0. The molecular formula is C27H32F4N8O3. The van der Waals surface area contributed by atoms with E-state index in [0.717, 1.165) is 37.8 Å². The number of piperidine rings is 1. The fraction of sp³-hybridized carbons (Fsp3) is 0.593. The zero-order valence-electron chi connectivity index (χ0n) is 22.7. The SMILES string of the molecule is N[C@@]1([C@H](O)C(F)F)CN(c2cnc(C3CC3)cc2Cn2cnc3c(NCOC(=O)C4CCC4)ncnc32)CC(F)(F)C1. The van der Waals surface area contributed by atoms with E-state index in [9.17, 15) is 27.5 Å². The zero-order chi connectivity index (χ0) is 29.6. The maximum Gasteiger partial charge on any atom is 0.310 e. The topological polar surface area (TPSA) is 144 Å². The molecule has 4 N–H and O–H groups in total. The van der Waals surface area contributed by atoms with Crippen molar-refractivity contribution < 1.29 is 32.2 Å². The van der Waals surface area contributed by atoms with Crippen LogP contribution in [-0.4, -0.2) is 79.4 Å². The van der Waals surface area contributed by atoms with Gasteiger partial charge < -0.3 is 30.4 Å². The Bertz CT molecular complexity index is 1460. The van der Waals surface area contributed by atoms with E-state index in [-0.39, 0.29) is 31.1 Å². The van der Waals surface area contributed by atoms with Crippen molar-refractivity contribution in [2.24, 2.45) is 11.7 Å². The van der Waals surface area contributed by atoms with E-state index in [4.69, 9.17) is 10.5 Å². The number of anilines is 2. The van der Waals surface area contributed by atoms with Crippen LogP contribution in [0.25, 0.3) is 11.2 Å². The lowest BCUT2D eigenvalue weighted by atomic mass is 9.82. The largest absolute Gasteiger partial charge is 0.444 e. The molecule has 1 aliphatic heterocycles. The molecule has 0 radical (unpaired) electrons. The minimum Gasteiger partial charge on any atom is -0.444 e. The second-order valence-electron chi connectivity index (χ2n) is 11.6. The van der Waals surface area contributed by atoms with Gasteiger partial charge in [0.1, 0.15) is 12.4 Å². The van der Waals surface area contributed by atoms with Crippen molar-refractivity contribution in [1.29, 1.82) is 0 Å². The Morgan fingerprint density at radius 1 is 1.17 bits per heavy atom. The monoisotopic (exact) mass is 592 g/mol. The van der Waals surface area contributed by atoms with E-state index in [1.54, 1.807) is 4.57 Å². The maximum atomic E-state index is 14.9. The lowest BCUT2D eigenvalue weighted by Crippen LogP contribution is -2.68. The number of aliphatic hydroxyl groups excluding tert-OH is 1. The summed E-state index contributed by atoms with van der Waals surface area (Å²) in [6, 6.07) is 1.83. The molecule has 0 amide bonds. The normalized spacial score (nSPS) is 23.2. The van der Waals surface area contributed by atoms with Crippen molar-refractivity contribution in [1.82, 2.24) is 24.5 Å². The number of nitrogens with zero attached hydrogens (tertiary/aromatic N) is 6. The molecule has 11 nitrogen and oxygen atoms in total. The molecule has 2 atom stereocenters. The molecule has 1 saturated heterocycles. The molecule has 3 fully saturated rings. The Morgan fingerprint density at radius 2 is 1.95 bits per heavy atom. The highest BCUT2D eigenvalue weighted by Crippen LogP contribution is 2.42. The van der Waals surface area contributed by atoms with E-state index in [0.29, 0.717) is 28.2 Å². The van der Waals surface area contributed by atoms with E-state index in [1.165, 1.54) is 23.8 Å². The van der Waals surface area contributed by atoms with Gasteiger partial charge in [-0.05, 0) is 37.3 Å². The lowest BCUT2D eigenvalue weighted by molar-refractivity contribution is -0.150. The first-order valence-corrected chi connectivity index (χ1v) is 14.0. The first-order valence-electron chi connectivity index (χ1n) is 14.0. The van der Waals surface area contributed by atoms with E-state index in [1.807, 2.05) is 6.07 Å². The Morgan fingerprint density at radius 3 is 2.64 bits per heavy atom. The van der Waals surface area contributed by atoms with Gasteiger partial charge in [0, 0.05) is 24.6 Å². The zero-order valence-corrected chi connectivity index (χ0v) is 22.7. The van der Waals surface area contributed by atoms with Crippen LogP contribution in [0.4, 0.5) is 29.1 Å². The smallest absolute Gasteiger partial charge is 0.310 e. The molecule has 42 heavy (non-hydrogen) atoms. The van der Waals surface area contributed by atoms with Crippen molar-refractivity contribution >= 4 is 28.6 Å². The molecule has 15 heteroatoms. The van der Waals surface area contributed by atoms with Crippen LogP contribution in [-0.2, 0) is 16.1 Å². The van der Waals surface area contributed by atoms with Gasteiger partial charge in [-0.3, -0.25) is 9.78 Å². The third-order valence-electron chi connectivity index (χ3n) is 8.28. The lowest BCUT2D eigenvalue weighted by Gasteiger charge is -2.47. The summed E-state index contributed by atoms with van der Waals surface area (Å²) in [5.74, 6) is -3.12. The number of carbonyl (C=O) groups is 1. The van der Waals surface area contributed by atoms with Crippen LogP contribution in [0.3, 0.4) is 0 Å². The summed E-state index contributed by atoms with van der Waals surface area (Å²) in [7, 11) is 0. The molecule has 3 aromatic heterocycles. The van der Waals surface area contributed by atoms with Crippen molar-refractivity contribution in [3.63, 3.8) is 0 Å². The standard InChI is InChI=1S/C27H32F4N8O3/c28-22(29)21(40)26(32)9-27(30,31)11-39(10-26)19-7-33-18(15-4-5-15)6-17(19)8-38-13-36-20-23(34-12-35-24(20)38)37-14-42-25(41)16-2-1-3-16/h6-7,12-13,15-16,21-22,40H,1-5,8-11,14,32H2,(H,34,35,37)/t21-,26-/m1/s1. The molecule has 226 valence electrons. The Kier molecular flexibility index (Phi) is 7.41. The molecule has 6 rings (SSSR count). The van der Waals surface area contributed by atoms with Crippen LogP contribution in [0.15, 0.2) is 24.9 Å². The van der Waals surface area contributed by atoms with Gasteiger partial charge in [0.25, 0.3) is 12.3 Å². The van der Waals surface area contributed by atoms with Gasteiger partial charge in [0.2, 0.25) is 0 Å². The average Bonchev–Trinajstić information content (AvgIpc) is 3.67. The number of halogens is 4. The number of pyridine rings is 1. The number of rotatable bonds is 10. The quantitative estimate of drug-likeness (QED) is 0.183. The molecular weight excluding hydrogens is 560 g/mol. The van der Waals surface area contributed by atoms with Crippen LogP contribution >= 0.6 is 0 Å². The van der Waals surface area contributed by atoms with Gasteiger partial charge in [-0.2, -0.15) is 0 Å². The molecule has 2 aliphatic carbocycles. The average molecular weight is 593 g/mol. The molecule has 0 bridgehead atoms. The molecule has 3 aromatic rings. The fourth-order valence-electron chi connectivity index (χ4n) is 5.67. The molecule has 4 heterocycles. The minimum absolute atomic E-state index is 0.0607. The number of ether oxygens (including phenoxy) is 1. The summed E-state index contributed by atoms with van der Waals surface area (Å²) in [5.41, 5.74) is 6.34. The Hall–Kier alpha value is -3.59. The summed E-state index contributed by atoms with van der Waals surface area (Å²) in [5, 5.41) is 13.0. The molecule has 3 aliphatic rings. The first-order chi connectivity index (χ1) is 20.0. The summed E-state index contributed by atoms with van der Waals surface area (Å²) < 4.78 is 63.6. The number of carbonyl (C=O) groups excluding carboxylic acids is 1. The van der Waals surface area contributed by atoms with Gasteiger partial charge >= 0.3 is 5.97 Å². The highest BCUT2D eigenvalue weighted by atomic mass is 19.3. The van der Waals surface area contributed by atoms with Crippen LogP contribution < -0.4 is 16.0 Å². The number of nitrogens with two attached hydrogens (primary N) is 1. The molecule has 0 spiro atoms. The number of imidazole rings is 1. The summed E-state index contributed by atoms with van der Waals surface area (Å²) in [4.78, 5) is 30.8. The van der Waals surface area contributed by atoms with E-state index in [2.05, 4.69) is 25.3 Å².